The first-order valence-corrected chi connectivity index (χ1v) is 5.77. The van der Waals surface area contributed by atoms with Crippen molar-refractivity contribution in [2.75, 3.05) is 0 Å². The zero-order chi connectivity index (χ0) is 13.1. The number of aryl methyl sites for hydroxylation is 2. The first kappa shape index (κ1) is 12.6. The predicted octanol–water partition coefficient (Wildman–Crippen LogP) is 3.07. The third kappa shape index (κ3) is 2.71. The summed E-state index contributed by atoms with van der Waals surface area (Å²) in [6, 6.07) is 6.68. The van der Waals surface area contributed by atoms with Crippen LogP contribution in [0.2, 0.25) is 0 Å². The average Bonchev–Trinajstić information content (AvgIpc) is 2.72. The van der Waals surface area contributed by atoms with Crippen molar-refractivity contribution in [1.29, 1.82) is 0 Å². The first-order chi connectivity index (χ1) is 8.60. The highest BCUT2D eigenvalue weighted by Crippen LogP contribution is 2.20. The summed E-state index contributed by atoms with van der Waals surface area (Å²) in [5.41, 5.74) is 7.02. The van der Waals surface area contributed by atoms with Crippen LogP contribution in [0.1, 0.15) is 22.6 Å². The minimum Gasteiger partial charge on any atom is -0.489 e. The van der Waals surface area contributed by atoms with Gasteiger partial charge in [-0.15, -0.1) is 0 Å². The van der Waals surface area contributed by atoms with E-state index in [2.05, 4.69) is 0 Å². The van der Waals surface area contributed by atoms with Crippen LogP contribution in [0.15, 0.2) is 28.7 Å². The van der Waals surface area contributed by atoms with Crippen molar-refractivity contribution in [1.82, 2.24) is 0 Å². The normalized spacial score (nSPS) is 10.7. The van der Waals surface area contributed by atoms with Gasteiger partial charge in [0.15, 0.2) is 0 Å². The molecule has 1 aromatic carbocycles. The maximum absolute atomic E-state index is 13.3. The third-order valence-electron chi connectivity index (χ3n) is 2.81. The smallest absolute Gasteiger partial charge is 0.129 e. The van der Waals surface area contributed by atoms with Crippen molar-refractivity contribution >= 4 is 0 Å². The second-order valence-corrected chi connectivity index (χ2v) is 4.20. The van der Waals surface area contributed by atoms with Gasteiger partial charge in [-0.2, -0.15) is 0 Å². The van der Waals surface area contributed by atoms with Gasteiger partial charge >= 0.3 is 0 Å². The van der Waals surface area contributed by atoms with Crippen LogP contribution in [-0.4, -0.2) is 0 Å². The van der Waals surface area contributed by atoms with E-state index in [0.717, 1.165) is 17.1 Å². The van der Waals surface area contributed by atoms with Crippen LogP contribution in [0.25, 0.3) is 0 Å². The van der Waals surface area contributed by atoms with Gasteiger partial charge in [-0.1, -0.05) is 6.07 Å². The molecule has 1 aromatic heterocycles. The molecule has 2 N–H and O–H groups in total. The minimum atomic E-state index is -0.265. The molecule has 4 heteroatoms. The monoisotopic (exact) mass is 249 g/mol. The lowest BCUT2D eigenvalue weighted by Crippen LogP contribution is -1.97. The molecule has 0 saturated heterocycles. The van der Waals surface area contributed by atoms with E-state index in [1.54, 1.807) is 19.1 Å². The predicted molar refractivity (Wildman–Crippen MR) is 66.8 cm³/mol. The number of hydrogen-bond acceptors (Lipinski definition) is 3. The number of ether oxygens (including phenoxy) is 1. The van der Waals surface area contributed by atoms with E-state index in [0.29, 0.717) is 24.5 Å². The second kappa shape index (κ2) is 5.23. The standard InChI is InChI=1S/C14H16FNO2/c1-9-3-4-12(6-14(9)15)17-8-11-5-13(7-16)18-10(11)2/h3-6H,7-8,16H2,1-2H3. The Kier molecular flexibility index (Phi) is 3.67. The van der Waals surface area contributed by atoms with Crippen molar-refractivity contribution in [3.05, 3.63) is 52.7 Å². The average molecular weight is 249 g/mol. The molecule has 0 aliphatic carbocycles. The van der Waals surface area contributed by atoms with Crippen LogP contribution in [0, 0.1) is 19.7 Å². The largest absolute Gasteiger partial charge is 0.489 e. The quantitative estimate of drug-likeness (QED) is 0.905. The van der Waals surface area contributed by atoms with Crippen LogP contribution in [0.3, 0.4) is 0 Å². The Morgan fingerprint density at radius 1 is 1.28 bits per heavy atom. The van der Waals surface area contributed by atoms with E-state index in [-0.39, 0.29) is 5.82 Å². The zero-order valence-corrected chi connectivity index (χ0v) is 10.5. The van der Waals surface area contributed by atoms with E-state index >= 15 is 0 Å². The van der Waals surface area contributed by atoms with E-state index in [4.69, 9.17) is 14.9 Å². The van der Waals surface area contributed by atoms with Crippen LogP contribution in [0.4, 0.5) is 4.39 Å². The summed E-state index contributed by atoms with van der Waals surface area (Å²) >= 11 is 0. The molecule has 18 heavy (non-hydrogen) atoms. The van der Waals surface area contributed by atoms with Gasteiger partial charge in [0.05, 0.1) is 6.54 Å². The zero-order valence-electron chi connectivity index (χ0n) is 10.5. The van der Waals surface area contributed by atoms with Gasteiger partial charge in [0, 0.05) is 11.6 Å². The molecule has 0 aliphatic heterocycles. The minimum absolute atomic E-state index is 0.265. The summed E-state index contributed by atoms with van der Waals surface area (Å²) in [6.07, 6.45) is 0. The van der Waals surface area contributed by atoms with E-state index in [1.165, 1.54) is 6.07 Å². The highest BCUT2D eigenvalue weighted by Gasteiger charge is 2.07. The highest BCUT2D eigenvalue weighted by atomic mass is 19.1. The maximum Gasteiger partial charge on any atom is 0.129 e. The molecule has 0 fully saturated rings. The molecule has 0 spiro atoms. The number of furan rings is 1. The molecular weight excluding hydrogens is 233 g/mol. The lowest BCUT2D eigenvalue weighted by molar-refractivity contribution is 0.301. The molecule has 0 unspecified atom stereocenters. The summed E-state index contributed by atoms with van der Waals surface area (Å²) in [5, 5.41) is 0. The van der Waals surface area contributed by atoms with Crippen molar-refractivity contribution in [2.24, 2.45) is 5.73 Å². The SMILES string of the molecule is Cc1ccc(OCc2cc(CN)oc2C)cc1F. The lowest BCUT2D eigenvalue weighted by atomic mass is 10.2. The molecule has 0 aliphatic rings. The van der Waals surface area contributed by atoms with Gasteiger partial charge in [-0.3, -0.25) is 0 Å². The van der Waals surface area contributed by atoms with Crippen molar-refractivity contribution in [2.45, 2.75) is 27.0 Å². The third-order valence-corrected chi connectivity index (χ3v) is 2.81. The fraction of sp³-hybridized carbons (Fsp3) is 0.286. The Balaban J connectivity index is 2.06. The van der Waals surface area contributed by atoms with Crippen LogP contribution < -0.4 is 10.5 Å². The van der Waals surface area contributed by atoms with E-state index in [1.807, 2.05) is 13.0 Å². The summed E-state index contributed by atoms with van der Waals surface area (Å²) in [5.74, 6) is 1.75. The molecule has 0 saturated carbocycles. The number of rotatable bonds is 4. The Hall–Kier alpha value is -1.81. The van der Waals surface area contributed by atoms with Crippen molar-refractivity contribution in [3.63, 3.8) is 0 Å². The summed E-state index contributed by atoms with van der Waals surface area (Å²) < 4.78 is 24.3. The second-order valence-electron chi connectivity index (χ2n) is 4.20. The molecule has 0 amide bonds. The van der Waals surface area contributed by atoms with Crippen LogP contribution in [0.5, 0.6) is 5.75 Å². The Labute approximate surface area is 105 Å². The molecule has 3 nitrogen and oxygen atoms in total. The maximum atomic E-state index is 13.3. The lowest BCUT2D eigenvalue weighted by Gasteiger charge is -2.06. The highest BCUT2D eigenvalue weighted by molar-refractivity contribution is 5.29. The van der Waals surface area contributed by atoms with Gasteiger partial charge in [-0.25, -0.2) is 4.39 Å². The van der Waals surface area contributed by atoms with E-state index < -0.39 is 0 Å². The number of nitrogens with two attached hydrogens (primary N) is 1. The van der Waals surface area contributed by atoms with Crippen molar-refractivity contribution < 1.29 is 13.5 Å². The van der Waals surface area contributed by atoms with E-state index in [9.17, 15) is 4.39 Å². The van der Waals surface area contributed by atoms with Gasteiger partial charge in [0.25, 0.3) is 0 Å². The topological polar surface area (TPSA) is 48.4 Å². The molecular formula is C14H16FNO2. The van der Waals surface area contributed by atoms with Gasteiger partial charge in [0.1, 0.15) is 29.7 Å². The Morgan fingerprint density at radius 2 is 2.06 bits per heavy atom. The van der Waals surface area contributed by atoms with Crippen LogP contribution >= 0.6 is 0 Å². The summed E-state index contributed by atoms with van der Waals surface area (Å²) in [4.78, 5) is 0. The molecule has 96 valence electrons. The van der Waals surface area contributed by atoms with Gasteiger partial charge < -0.3 is 14.9 Å². The first-order valence-electron chi connectivity index (χ1n) is 5.77. The van der Waals surface area contributed by atoms with Gasteiger partial charge in [0.2, 0.25) is 0 Å². The summed E-state index contributed by atoms with van der Waals surface area (Å²) in [7, 11) is 0. The number of halogens is 1. The molecule has 0 radical (unpaired) electrons. The molecule has 0 bridgehead atoms. The molecule has 1 heterocycles. The molecule has 2 aromatic rings. The Bertz CT molecular complexity index is 549. The van der Waals surface area contributed by atoms with Gasteiger partial charge in [-0.05, 0) is 31.5 Å². The number of hydrogen-bond donors (Lipinski definition) is 1. The number of benzene rings is 1. The van der Waals surface area contributed by atoms with Crippen LogP contribution in [-0.2, 0) is 13.2 Å². The van der Waals surface area contributed by atoms with Crippen molar-refractivity contribution in [3.8, 4) is 5.75 Å². The fourth-order valence-electron chi connectivity index (χ4n) is 1.66. The molecule has 0 atom stereocenters. The Morgan fingerprint density at radius 3 is 2.67 bits per heavy atom. The molecule has 2 rings (SSSR count). The fourth-order valence-corrected chi connectivity index (χ4v) is 1.66. The summed E-state index contributed by atoms with van der Waals surface area (Å²) in [6.45, 7) is 4.28.